The second kappa shape index (κ2) is 6.19. The fourth-order valence-corrected chi connectivity index (χ4v) is 3.08. The van der Waals surface area contributed by atoms with Gasteiger partial charge in [0.25, 0.3) is 0 Å². The van der Waals surface area contributed by atoms with Crippen molar-refractivity contribution in [3.63, 3.8) is 0 Å². The van der Waals surface area contributed by atoms with Crippen molar-refractivity contribution in [1.82, 2.24) is 9.88 Å². The summed E-state index contributed by atoms with van der Waals surface area (Å²) in [7, 11) is 6.03. The normalized spacial score (nSPS) is 24.2. The summed E-state index contributed by atoms with van der Waals surface area (Å²) in [4.78, 5) is 6.61. The van der Waals surface area contributed by atoms with E-state index in [0.29, 0.717) is 5.92 Å². The van der Waals surface area contributed by atoms with Crippen LogP contribution in [0.25, 0.3) is 0 Å². The van der Waals surface area contributed by atoms with Gasteiger partial charge in [-0.15, -0.1) is 0 Å². The van der Waals surface area contributed by atoms with Crippen LogP contribution in [-0.2, 0) is 0 Å². The topological polar surface area (TPSA) is 25.4 Å². The van der Waals surface area contributed by atoms with Crippen molar-refractivity contribution >= 4 is 0 Å². The molecule has 1 fully saturated rings. The molecule has 18 heavy (non-hydrogen) atoms. The Morgan fingerprint density at radius 2 is 2.06 bits per heavy atom. The monoisotopic (exact) mass is 248 g/mol. The molecular weight excluding hydrogens is 224 g/mol. The van der Waals surface area contributed by atoms with Crippen LogP contribution >= 0.6 is 0 Å². The number of pyridine rings is 1. The van der Waals surface area contributed by atoms with Gasteiger partial charge >= 0.3 is 0 Å². The number of ether oxygens (including phenoxy) is 1. The van der Waals surface area contributed by atoms with Crippen molar-refractivity contribution in [3.8, 4) is 5.75 Å². The lowest BCUT2D eigenvalue weighted by molar-refractivity contribution is 0.233. The fourth-order valence-electron chi connectivity index (χ4n) is 3.08. The van der Waals surface area contributed by atoms with E-state index in [-0.39, 0.29) is 0 Å². The van der Waals surface area contributed by atoms with Crippen molar-refractivity contribution in [3.05, 3.63) is 24.0 Å². The van der Waals surface area contributed by atoms with Crippen LogP contribution in [0.4, 0.5) is 0 Å². The summed E-state index contributed by atoms with van der Waals surface area (Å²) in [6, 6.07) is 2.16. The SMILES string of the molecule is COc1cncc([C@@H]2CCCC[C@H]2CN(C)C)c1. The van der Waals surface area contributed by atoms with Crippen LogP contribution in [0, 0.1) is 5.92 Å². The molecule has 0 aliphatic heterocycles. The van der Waals surface area contributed by atoms with Gasteiger partial charge in [0.15, 0.2) is 0 Å². The summed E-state index contributed by atoms with van der Waals surface area (Å²) in [5, 5.41) is 0. The van der Waals surface area contributed by atoms with E-state index in [0.717, 1.165) is 11.7 Å². The van der Waals surface area contributed by atoms with E-state index in [1.807, 2.05) is 6.20 Å². The molecule has 0 bridgehead atoms. The number of nitrogens with zero attached hydrogens (tertiary/aromatic N) is 2. The Balaban J connectivity index is 2.16. The number of aromatic nitrogens is 1. The molecule has 0 saturated heterocycles. The van der Waals surface area contributed by atoms with E-state index >= 15 is 0 Å². The minimum Gasteiger partial charge on any atom is -0.495 e. The van der Waals surface area contributed by atoms with Crippen molar-refractivity contribution in [2.45, 2.75) is 31.6 Å². The Kier molecular flexibility index (Phi) is 4.59. The number of hydrogen-bond donors (Lipinski definition) is 0. The number of methoxy groups -OCH3 is 1. The summed E-state index contributed by atoms with van der Waals surface area (Å²) in [6.07, 6.45) is 9.13. The van der Waals surface area contributed by atoms with Crippen LogP contribution in [0.15, 0.2) is 18.5 Å². The van der Waals surface area contributed by atoms with Gasteiger partial charge in [-0.25, -0.2) is 0 Å². The molecule has 100 valence electrons. The highest BCUT2D eigenvalue weighted by molar-refractivity contribution is 5.27. The first-order chi connectivity index (χ1) is 8.70. The predicted octanol–water partition coefficient (Wildman–Crippen LogP) is 2.93. The van der Waals surface area contributed by atoms with Gasteiger partial charge in [0.1, 0.15) is 5.75 Å². The average molecular weight is 248 g/mol. The van der Waals surface area contributed by atoms with Crippen LogP contribution < -0.4 is 4.74 Å². The highest BCUT2D eigenvalue weighted by atomic mass is 16.5. The summed E-state index contributed by atoms with van der Waals surface area (Å²) < 4.78 is 5.29. The third-order valence-electron chi connectivity index (χ3n) is 3.91. The standard InChI is InChI=1S/C15H24N2O/c1-17(2)11-12-6-4-5-7-15(12)13-8-14(18-3)10-16-9-13/h8-10,12,15H,4-7,11H2,1-3H3/t12-,15+/m0/s1. The lowest BCUT2D eigenvalue weighted by Crippen LogP contribution is -2.29. The lowest BCUT2D eigenvalue weighted by atomic mass is 9.75. The van der Waals surface area contributed by atoms with Gasteiger partial charge in [-0.1, -0.05) is 12.8 Å². The largest absolute Gasteiger partial charge is 0.495 e. The molecule has 1 aromatic heterocycles. The van der Waals surface area contributed by atoms with E-state index in [9.17, 15) is 0 Å². The minimum atomic E-state index is 0.642. The molecule has 0 unspecified atom stereocenters. The Labute approximate surface area is 110 Å². The Bertz CT molecular complexity index is 379. The molecule has 1 aliphatic carbocycles. The summed E-state index contributed by atoms with van der Waals surface area (Å²) in [5.74, 6) is 2.27. The highest BCUT2D eigenvalue weighted by Gasteiger charge is 2.27. The van der Waals surface area contributed by atoms with Gasteiger partial charge in [0.2, 0.25) is 0 Å². The smallest absolute Gasteiger partial charge is 0.137 e. The summed E-state index contributed by atoms with van der Waals surface area (Å²) in [5.41, 5.74) is 1.35. The molecular formula is C15H24N2O. The second-order valence-electron chi connectivity index (χ2n) is 5.57. The van der Waals surface area contributed by atoms with Crippen LogP contribution in [0.2, 0.25) is 0 Å². The molecule has 3 nitrogen and oxygen atoms in total. The fraction of sp³-hybridized carbons (Fsp3) is 0.667. The van der Waals surface area contributed by atoms with E-state index in [1.165, 1.54) is 37.8 Å². The molecule has 0 amide bonds. The van der Waals surface area contributed by atoms with Crippen LogP contribution in [0.3, 0.4) is 0 Å². The van der Waals surface area contributed by atoms with Gasteiger partial charge in [-0.05, 0) is 50.4 Å². The maximum absolute atomic E-state index is 5.29. The first kappa shape index (κ1) is 13.3. The quantitative estimate of drug-likeness (QED) is 0.819. The van der Waals surface area contributed by atoms with E-state index < -0.39 is 0 Å². The second-order valence-corrected chi connectivity index (χ2v) is 5.57. The Hall–Kier alpha value is -1.09. The number of hydrogen-bond acceptors (Lipinski definition) is 3. The molecule has 0 radical (unpaired) electrons. The molecule has 1 aromatic rings. The van der Waals surface area contributed by atoms with E-state index in [1.54, 1.807) is 13.3 Å². The maximum atomic E-state index is 5.29. The van der Waals surface area contributed by atoms with Crippen molar-refractivity contribution < 1.29 is 4.74 Å². The van der Waals surface area contributed by atoms with Crippen molar-refractivity contribution in [2.24, 2.45) is 5.92 Å². The minimum absolute atomic E-state index is 0.642. The molecule has 2 rings (SSSR count). The van der Waals surface area contributed by atoms with E-state index in [4.69, 9.17) is 4.74 Å². The molecule has 0 spiro atoms. The van der Waals surface area contributed by atoms with Gasteiger partial charge in [0, 0.05) is 12.7 Å². The molecule has 1 heterocycles. The first-order valence-electron chi connectivity index (χ1n) is 6.84. The molecule has 1 aliphatic rings. The molecule has 3 heteroatoms. The zero-order chi connectivity index (χ0) is 13.0. The van der Waals surface area contributed by atoms with Crippen LogP contribution in [-0.4, -0.2) is 37.6 Å². The molecule has 0 aromatic carbocycles. The average Bonchev–Trinajstić information content (AvgIpc) is 2.39. The zero-order valence-corrected chi connectivity index (χ0v) is 11.7. The molecule has 2 atom stereocenters. The van der Waals surface area contributed by atoms with Crippen LogP contribution in [0.5, 0.6) is 5.75 Å². The summed E-state index contributed by atoms with van der Waals surface area (Å²) >= 11 is 0. The Morgan fingerprint density at radius 1 is 1.28 bits per heavy atom. The lowest BCUT2D eigenvalue weighted by Gasteiger charge is -2.33. The predicted molar refractivity (Wildman–Crippen MR) is 74.0 cm³/mol. The highest BCUT2D eigenvalue weighted by Crippen LogP contribution is 2.38. The van der Waals surface area contributed by atoms with Gasteiger partial charge in [0.05, 0.1) is 13.3 Å². The number of rotatable bonds is 4. The first-order valence-corrected chi connectivity index (χ1v) is 6.84. The van der Waals surface area contributed by atoms with Crippen molar-refractivity contribution in [1.29, 1.82) is 0 Å². The third kappa shape index (κ3) is 3.22. The Morgan fingerprint density at radius 3 is 2.78 bits per heavy atom. The summed E-state index contributed by atoms with van der Waals surface area (Å²) in [6.45, 7) is 1.17. The van der Waals surface area contributed by atoms with Gasteiger partial charge in [-0.3, -0.25) is 4.98 Å². The maximum Gasteiger partial charge on any atom is 0.137 e. The van der Waals surface area contributed by atoms with Crippen LogP contribution in [0.1, 0.15) is 37.2 Å². The molecule has 0 N–H and O–H groups in total. The van der Waals surface area contributed by atoms with Gasteiger partial charge in [-0.2, -0.15) is 0 Å². The van der Waals surface area contributed by atoms with Gasteiger partial charge < -0.3 is 9.64 Å². The zero-order valence-electron chi connectivity index (χ0n) is 11.7. The third-order valence-corrected chi connectivity index (χ3v) is 3.91. The van der Waals surface area contributed by atoms with E-state index in [2.05, 4.69) is 30.0 Å². The van der Waals surface area contributed by atoms with Crippen molar-refractivity contribution in [2.75, 3.05) is 27.7 Å². The molecule has 1 saturated carbocycles.